The van der Waals surface area contributed by atoms with Crippen molar-refractivity contribution >= 4 is 6.09 Å². The minimum atomic E-state index is -0.756. The zero-order valence-corrected chi connectivity index (χ0v) is 13.0. The predicted octanol–water partition coefficient (Wildman–Crippen LogP) is 1.14. The molecule has 1 amide bonds. The van der Waals surface area contributed by atoms with Crippen LogP contribution in [0.5, 0.6) is 5.75 Å². The molecule has 0 spiro atoms. The first kappa shape index (κ1) is 17.4. The molecule has 1 aromatic rings. The third-order valence-corrected chi connectivity index (χ3v) is 2.98. The second-order valence-electron chi connectivity index (χ2n) is 5.77. The normalized spacial score (nSPS) is 12.9. The van der Waals surface area contributed by atoms with Gasteiger partial charge in [-0.2, -0.15) is 0 Å². The fourth-order valence-corrected chi connectivity index (χ4v) is 1.52. The molecule has 1 aromatic carbocycles. The van der Waals surface area contributed by atoms with Crippen molar-refractivity contribution in [2.75, 3.05) is 27.2 Å². The summed E-state index contributed by atoms with van der Waals surface area (Å²) in [5.41, 5.74) is 0.177. The topological polar surface area (TPSA) is 82.0 Å². The number of amides is 1. The van der Waals surface area contributed by atoms with Gasteiger partial charge >= 0.3 is 6.09 Å². The summed E-state index contributed by atoms with van der Waals surface area (Å²) in [6.07, 6.45) is -1.23. The van der Waals surface area contributed by atoms with Crippen molar-refractivity contribution in [2.24, 2.45) is 0 Å². The summed E-state index contributed by atoms with van der Waals surface area (Å²) in [4.78, 5) is 12.8. The fraction of sp³-hybridized carbons (Fsp3) is 0.533. The predicted molar refractivity (Wildman–Crippen MR) is 80.3 cm³/mol. The molecule has 118 valence electrons. The molecule has 1 rings (SSSR count). The van der Waals surface area contributed by atoms with Crippen molar-refractivity contribution in [3.63, 3.8) is 0 Å². The maximum absolute atomic E-state index is 11.5. The van der Waals surface area contributed by atoms with Gasteiger partial charge in [0.05, 0.1) is 12.7 Å². The largest absolute Gasteiger partial charge is 0.414 e. The summed E-state index contributed by atoms with van der Waals surface area (Å²) in [5, 5.41) is 22.4. The van der Waals surface area contributed by atoms with Crippen molar-refractivity contribution in [3.8, 4) is 5.75 Å². The van der Waals surface area contributed by atoms with Crippen LogP contribution in [0.1, 0.15) is 25.5 Å². The first-order valence-corrected chi connectivity index (χ1v) is 6.78. The first-order chi connectivity index (χ1) is 9.75. The summed E-state index contributed by atoms with van der Waals surface area (Å²) >= 11 is 0. The lowest BCUT2D eigenvalue weighted by Crippen LogP contribution is -2.44. The number of aliphatic hydroxyl groups excluding tert-OH is 2. The van der Waals surface area contributed by atoms with Crippen LogP contribution in [-0.2, 0) is 0 Å². The van der Waals surface area contributed by atoms with Crippen molar-refractivity contribution in [3.05, 3.63) is 29.8 Å². The molecule has 3 N–H and O–H groups in total. The average Bonchev–Trinajstić information content (AvgIpc) is 2.45. The van der Waals surface area contributed by atoms with Gasteiger partial charge in [0.25, 0.3) is 0 Å². The fourth-order valence-electron chi connectivity index (χ4n) is 1.52. The minimum absolute atomic E-state index is 0.0276. The zero-order valence-electron chi connectivity index (χ0n) is 13.0. The van der Waals surface area contributed by atoms with E-state index in [0.717, 1.165) is 0 Å². The van der Waals surface area contributed by atoms with E-state index in [9.17, 15) is 9.90 Å². The summed E-state index contributed by atoms with van der Waals surface area (Å²) in [6.45, 7) is 3.95. The standard InChI is InChI=1S/C15H24N2O4/c1-15(2,10-18)16-9-13(19)11-6-5-7-12(8-11)21-14(20)17(3)4/h5-8,13,16,18-19H,9-10H2,1-4H3. The van der Waals surface area contributed by atoms with E-state index >= 15 is 0 Å². The molecule has 0 fully saturated rings. The zero-order chi connectivity index (χ0) is 16.0. The Morgan fingerprint density at radius 1 is 1.43 bits per heavy atom. The summed E-state index contributed by atoms with van der Waals surface area (Å²) in [7, 11) is 3.20. The highest BCUT2D eigenvalue weighted by atomic mass is 16.6. The molecule has 0 heterocycles. The monoisotopic (exact) mass is 296 g/mol. The van der Waals surface area contributed by atoms with Gasteiger partial charge in [-0.05, 0) is 31.5 Å². The van der Waals surface area contributed by atoms with Gasteiger partial charge in [-0.25, -0.2) is 4.79 Å². The number of hydrogen-bond donors (Lipinski definition) is 3. The van der Waals surface area contributed by atoms with Crippen LogP contribution in [0.15, 0.2) is 24.3 Å². The molecule has 21 heavy (non-hydrogen) atoms. The Hall–Kier alpha value is -1.63. The smallest absolute Gasteiger partial charge is 0.410 e. The van der Waals surface area contributed by atoms with Crippen LogP contribution in [-0.4, -0.2) is 54.0 Å². The average molecular weight is 296 g/mol. The second-order valence-corrected chi connectivity index (χ2v) is 5.77. The number of nitrogens with one attached hydrogen (secondary N) is 1. The summed E-state index contributed by atoms with van der Waals surface area (Å²) in [6, 6.07) is 6.75. The lowest BCUT2D eigenvalue weighted by atomic mass is 10.0. The molecule has 6 heteroatoms. The Labute approximate surface area is 125 Å². The quantitative estimate of drug-likeness (QED) is 0.733. The molecule has 1 atom stereocenters. The van der Waals surface area contributed by atoms with Crippen LogP contribution in [0, 0.1) is 0 Å². The van der Waals surface area contributed by atoms with Gasteiger partial charge < -0.3 is 25.2 Å². The van der Waals surface area contributed by atoms with Crippen LogP contribution in [0.25, 0.3) is 0 Å². The Kier molecular flexibility index (Phi) is 6.14. The van der Waals surface area contributed by atoms with Gasteiger partial charge in [0, 0.05) is 26.2 Å². The van der Waals surface area contributed by atoms with Crippen molar-refractivity contribution in [2.45, 2.75) is 25.5 Å². The first-order valence-electron chi connectivity index (χ1n) is 6.78. The van der Waals surface area contributed by atoms with Crippen molar-refractivity contribution in [1.29, 1.82) is 0 Å². The highest BCUT2D eigenvalue weighted by molar-refractivity contribution is 5.70. The van der Waals surface area contributed by atoms with Crippen LogP contribution < -0.4 is 10.1 Å². The molecular weight excluding hydrogens is 272 g/mol. The maximum atomic E-state index is 11.5. The molecule has 0 aliphatic carbocycles. The van der Waals surface area contributed by atoms with Gasteiger partial charge in [-0.15, -0.1) is 0 Å². The minimum Gasteiger partial charge on any atom is -0.410 e. The molecule has 0 aliphatic heterocycles. The molecular formula is C15H24N2O4. The van der Waals surface area contributed by atoms with E-state index in [1.807, 2.05) is 13.8 Å². The van der Waals surface area contributed by atoms with Crippen molar-refractivity contribution in [1.82, 2.24) is 10.2 Å². The van der Waals surface area contributed by atoms with E-state index in [1.54, 1.807) is 38.4 Å². The highest BCUT2D eigenvalue weighted by Crippen LogP contribution is 2.20. The Balaban J connectivity index is 2.69. The van der Waals surface area contributed by atoms with Crippen molar-refractivity contribution < 1.29 is 19.7 Å². The molecule has 6 nitrogen and oxygen atoms in total. The van der Waals surface area contributed by atoms with Crippen LogP contribution in [0.3, 0.4) is 0 Å². The third-order valence-electron chi connectivity index (χ3n) is 2.98. The number of hydrogen-bond acceptors (Lipinski definition) is 5. The number of β-amino-alcohol motifs (C(OH)–C–C–N with tert-alkyl or cyclic N) is 1. The summed E-state index contributed by atoms with van der Waals surface area (Å²) in [5.74, 6) is 0.381. The highest BCUT2D eigenvalue weighted by Gasteiger charge is 2.18. The van der Waals surface area contributed by atoms with Gasteiger partial charge in [-0.1, -0.05) is 12.1 Å². The molecule has 0 saturated heterocycles. The molecule has 0 radical (unpaired) electrons. The van der Waals surface area contributed by atoms with E-state index in [0.29, 0.717) is 17.9 Å². The number of benzene rings is 1. The van der Waals surface area contributed by atoms with Crippen LogP contribution in [0.4, 0.5) is 4.79 Å². The third kappa shape index (κ3) is 5.71. The Bertz CT molecular complexity index is 474. The van der Waals surface area contributed by atoms with Gasteiger partial charge in [0.1, 0.15) is 5.75 Å². The van der Waals surface area contributed by atoms with E-state index in [4.69, 9.17) is 9.84 Å². The number of carbonyl (C=O) groups excluding carboxylic acids is 1. The van der Waals surface area contributed by atoms with E-state index in [1.165, 1.54) is 4.90 Å². The molecule has 0 saturated carbocycles. The second kappa shape index (κ2) is 7.40. The number of aliphatic hydroxyl groups is 2. The molecule has 1 unspecified atom stereocenters. The number of carbonyl (C=O) groups is 1. The Morgan fingerprint density at radius 2 is 2.10 bits per heavy atom. The SMILES string of the molecule is CN(C)C(=O)Oc1cccc(C(O)CNC(C)(C)CO)c1. The Morgan fingerprint density at radius 3 is 2.67 bits per heavy atom. The van der Waals surface area contributed by atoms with E-state index in [2.05, 4.69) is 5.32 Å². The van der Waals surface area contributed by atoms with Gasteiger partial charge in [0.2, 0.25) is 0 Å². The van der Waals surface area contributed by atoms with Crippen LogP contribution >= 0.6 is 0 Å². The van der Waals surface area contributed by atoms with E-state index in [-0.39, 0.29) is 6.61 Å². The summed E-state index contributed by atoms with van der Waals surface area (Å²) < 4.78 is 5.15. The molecule has 0 aliphatic rings. The molecule has 0 aromatic heterocycles. The molecule has 0 bridgehead atoms. The number of ether oxygens (including phenoxy) is 1. The lowest BCUT2D eigenvalue weighted by Gasteiger charge is -2.25. The lowest BCUT2D eigenvalue weighted by molar-refractivity contribution is 0.135. The van der Waals surface area contributed by atoms with Gasteiger partial charge in [0.15, 0.2) is 0 Å². The number of rotatable bonds is 6. The van der Waals surface area contributed by atoms with E-state index < -0.39 is 17.7 Å². The van der Waals surface area contributed by atoms with Gasteiger partial charge in [-0.3, -0.25) is 0 Å². The van der Waals surface area contributed by atoms with Crippen LogP contribution in [0.2, 0.25) is 0 Å². The number of nitrogens with zero attached hydrogens (tertiary/aromatic N) is 1. The maximum Gasteiger partial charge on any atom is 0.414 e.